The largest absolute Gasteiger partial charge is 0.480 e. The van der Waals surface area contributed by atoms with E-state index < -0.39 is 12.0 Å². The Morgan fingerprint density at radius 1 is 1.52 bits per heavy atom. The quantitative estimate of drug-likeness (QED) is 0.901. The lowest BCUT2D eigenvalue weighted by molar-refractivity contribution is -0.149. The van der Waals surface area contributed by atoms with E-state index in [1.54, 1.807) is 19.1 Å². The number of carbonyl (C=O) groups is 2. The van der Waals surface area contributed by atoms with E-state index in [2.05, 4.69) is 15.9 Å². The summed E-state index contributed by atoms with van der Waals surface area (Å²) in [7, 11) is 0. The first-order chi connectivity index (χ1) is 9.90. The third-order valence-corrected chi connectivity index (χ3v) is 4.38. The predicted octanol–water partition coefficient (Wildman–Crippen LogP) is 2.84. The molecule has 2 unspecified atom stereocenters. The van der Waals surface area contributed by atoms with Crippen LogP contribution in [0.1, 0.15) is 25.3 Å². The van der Waals surface area contributed by atoms with Gasteiger partial charge in [-0.1, -0.05) is 13.0 Å². The van der Waals surface area contributed by atoms with E-state index in [1.165, 1.54) is 11.0 Å². The van der Waals surface area contributed by atoms with Crippen molar-refractivity contribution >= 4 is 27.8 Å². The van der Waals surface area contributed by atoms with Crippen molar-refractivity contribution in [1.29, 1.82) is 0 Å². The van der Waals surface area contributed by atoms with Crippen LogP contribution in [0.3, 0.4) is 0 Å². The van der Waals surface area contributed by atoms with Gasteiger partial charge >= 0.3 is 5.97 Å². The molecule has 1 aromatic rings. The van der Waals surface area contributed by atoms with Crippen molar-refractivity contribution in [3.05, 3.63) is 34.1 Å². The summed E-state index contributed by atoms with van der Waals surface area (Å²) in [5.74, 6) is -1.77. The van der Waals surface area contributed by atoms with Crippen molar-refractivity contribution in [3.63, 3.8) is 0 Å². The lowest BCUT2D eigenvalue weighted by Gasteiger charge is -2.25. The molecule has 0 aliphatic carbocycles. The average Bonchev–Trinajstić information content (AvgIpc) is 2.91. The number of hydrogen-bond acceptors (Lipinski definition) is 2. The Balaban J connectivity index is 2.05. The highest BCUT2D eigenvalue weighted by Gasteiger charge is 2.35. The van der Waals surface area contributed by atoms with E-state index in [4.69, 9.17) is 5.11 Å². The number of amides is 1. The molecular formula is C15H17BrFNO3. The molecule has 0 radical (unpaired) electrons. The Kier molecular flexibility index (Phi) is 4.98. The molecule has 2 rings (SSSR count). The summed E-state index contributed by atoms with van der Waals surface area (Å²) in [6, 6.07) is 3.94. The van der Waals surface area contributed by atoms with E-state index in [-0.39, 0.29) is 17.6 Å². The molecular weight excluding hydrogens is 341 g/mol. The van der Waals surface area contributed by atoms with Gasteiger partial charge in [-0.05, 0) is 52.9 Å². The van der Waals surface area contributed by atoms with Crippen molar-refractivity contribution < 1.29 is 19.1 Å². The van der Waals surface area contributed by atoms with Crippen molar-refractivity contribution in [2.24, 2.45) is 5.92 Å². The maximum absolute atomic E-state index is 13.2. The third-order valence-electron chi connectivity index (χ3n) is 3.77. The normalized spacial score (nSPS) is 19.6. The number of aliphatic carboxylic acids is 1. The Morgan fingerprint density at radius 2 is 2.24 bits per heavy atom. The number of carboxylic acids is 1. The van der Waals surface area contributed by atoms with Gasteiger partial charge in [0.25, 0.3) is 0 Å². The SMILES string of the molecule is CC(Cc1ccc(F)c(Br)c1)C(=O)N1CCCC1C(=O)O. The topological polar surface area (TPSA) is 57.6 Å². The van der Waals surface area contributed by atoms with Gasteiger partial charge in [-0.25, -0.2) is 9.18 Å². The maximum Gasteiger partial charge on any atom is 0.326 e. The second-order valence-electron chi connectivity index (χ2n) is 5.38. The van der Waals surface area contributed by atoms with Crippen LogP contribution in [0.4, 0.5) is 4.39 Å². The van der Waals surface area contributed by atoms with Crippen molar-refractivity contribution in [1.82, 2.24) is 4.90 Å². The maximum atomic E-state index is 13.2. The van der Waals surface area contributed by atoms with Crippen LogP contribution in [0.25, 0.3) is 0 Å². The van der Waals surface area contributed by atoms with Crippen LogP contribution in [0.15, 0.2) is 22.7 Å². The van der Waals surface area contributed by atoms with Crippen molar-refractivity contribution in [2.45, 2.75) is 32.2 Å². The number of carboxylic acid groups (broad SMARTS) is 1. The van der Waals surface area contributed by atoms with E-state index in [1.807, 2.05) is 0 Å². The number of likely N-dealkylation sites (tertiary alicyclic amines) is 1. The Morgan fingerprint density at radius 3 is 2.86 bits per heavy atom. The molecule has 1 aliphatic heterocycles. The first-order valence-electron chi connectivity index (χ1n) is 6.87. The smallest absolute Gasteiger partial charge is 0.326 e. The molecule has 21 heavy (non-hydrogen) atoms. The van der Waals surface area contributed by atoms with E-state index in [0.717, 1.165) is 12.0 Å². The molecule has 0 saturated carbocycles. The lowest BCUT2D eigenvalue weighted by atomic mass is 9.99. The molecule has 2 atom stereocenters. The van der Waals surface area contributed by atoms with Gasteiger partial charge in [0.2, 0.25) is 5.91 Å². The predicted molar refractivity (Wildman–Crippen MR) is 79.3 cm³/mol. The first-order valence-corrected chi connectivity index (χ1v) is 7.66. The second kappa shape index (κ2) is 6.56. The minimum Gasteiger partial charge on any atom is -0.480 e. The van der Waals surface area contributed by atoms with Crippen molar-refractivity contribution in [3.8, 4) is 0 Å². The molecule has 6 heteroatoms. The van der Waals surface area contributed by atoms with Crippen LogP contribution < -0.4 is 0 Å². The summed E-state index contributed by atoms with van der Waals surface area (Å²) >= 11 is 3.12. The number of benzene rings is 1. The highest BCUT2D eigenvalue weighted by atomic mass is 79.9. The van der Waals surface area contributed by atoms with E-state index in [0.29, 0.717) is 23.9 Å². The zero-order chi connectivity index (χ0) is 15.6. The van der Waals surface area contributed by atoms with Crippen LogP contribution in [0.5, 0.6) is 0 Å². The van der Waals surface area contributed by atoms with Crippen LogP contribution >= 0.6 is 15.9 Å². The summed E-state index contributed by atoms with van der Waals surface area (Å²) in [4.78, 5) is 25.0. The molecule has 0 aromatic heterocycles. The third kappa shape index (κ3) is 3.61. The van der Waals surface area contributed by atoms with Gasteiger partial charge in [-0.3, -0.25) is 4.79 Å². The Labute approximate surface area is 131 Å². The monoisotopic (exact) mass is 357 g/mol. The molecule has 1 amide bonds. The molecule has 1 heterocycles. The fraction of sp³-hybridized carbons (Fsp3) is 0.467. The zero-order valence-electron chi connectivity index (χ0n) is 11.7. The number of hydrogen-bond donors (Lipinski definition) is 1. The molecule has 0 spiro atoms. The first kappa shape index (κ1) is 15.9. The van der Waals surface area contributed by atoms with Crippen LogP contribution in [0, 0.1) is 11.7 Å². The second-order valence-corrected chi connectivity index (χ2v) is 6.24. The molecule has 114 valence electrons. The molecule has 1 saturated heterocycles. The molecule has 1 fully saturated rings. The van der Waals surface area contributed by atoms with Gasteiger partial charge < -0.3 is 10.0 Å². The standard InChI is InChI=1S/C15H17BrFNO3/c1-9(7-10-4-5-12(17)11(16)8-10)14(19)18-6-2-3-13(18)15(20)21/h4-5,8-9,13H,2-3,6-7H2,1H3,(H,20,21). The number of carbonyl (C=O) groups excluding carboxylic acids is 1. The molecule has 1 aliphatic rings. The van der Waals surface area contributed by atoms with Crippen LogP contribution in [-0.2, 0) is 16.0 Å². The summed E-state index contributed by atoms with van der Waals surface area (Å²) in [6.45, 7) is 2.27. The number of halogens is 2. The van der Waals surface area contributed by atoms with Crippen molar-refractivity contribution in [2.75, 3.05) is 6.54 Å². The lowest BCUT2D eigenvalue weighted by Crippen LogP contribution is -2.43. The van der Waals surface area contributed by atoms with Gasteiger partial charge in [0.15, 0.2) is 0 Å². The number of rotatable bonds is 4. The minimum atomic E-state index is -0.947. The zero-order valence-corrected chi connectivity index (χ0v) is 13.3. The van der Waals surface area contributed by atoms with Crippen LogP contribution in [0.2, 0.25) is 0 Å². The van der Waals surface area contributed by atoms with E-state index in [9.17, 15) is 14.0 Å². The summed E-state index contributed by atoms with van der Waals surface area (Å²) in [5, 5.41) is 9.13. The molecule has 1 aromatic carbocycles. The highest BCUT2D eigenvalue weighted by molar-refractivity contribution is 9.10. The summed E-state index contributed by atoms with van der Waals surface area (Å²) < 4.78 is 13.6. The summed E-state index contributed by atoms with van der Waals surface area (Å²) in [6.07, 6.45) is 1.69. The fourth-order valence-corrected chi connectivity index (χ4v) is 3.10. The summed E-state index contributed by atoms with van der Waals surface area (Å²) in [5.41, 5.74) is 0.843. The molecule has 1 N–H and O–H groups in total. The van der Waals surface area contributed by atoms with Gasteiger partial charge in [-0.15, -0.1) is 0 Å². The Bertz CT molecular complexity index is 564. The molecule has 0 bridgehead atoms. The molecule has 4 nitrogen and oxygen atoms in total. The number of nitrogens with zero attached hydrogens (tertiary/aromatic N) is 1. The van der Waals surface area contributed by atoms with E-state index >= 15 is 0 Å². The van der Waals surface area contributed by atoms with Gasteiger partial charge in [0.1, 0.15) is 11.9 Å². The Hall–Kier alpha value is -1.43. The van der Waals surface area contributed by atoms with Gasteiger partial charge in [0.05, 0.1) is 4.47 Å². The average molecular weight is 358 g/mol. The van der Waals surface area contributed by atoms with Crippen LogP contribution in [-0.4, -0.2) is 34.5 Å². The highest BCUT2D eigenvalue weighted by Crippen LogP contribution is 2.23. The fourth-order valence-electron chi connectivity index (χ4n) is 2.68. The minimum absolute atomic E-state index is 0.152. The van der Waals surface area contributed by atoms with Gasteiger partial charge in [-0.2, -0.15) is 0 Å². The van der Waals surface area contributed by atoms with Gasteiger partial charge in [0, 0.05) is 12.5 Å².